The van der Waals surface area contributed by atoms with Crippen molar-refractivity contribution >= 4 is 28.4 Å². The quantitative estimate of drug-likeness (QED) is 0.561. The molecule has 0 radical (unpaired) electrons. The van der Waals surface area contributed by atoms with E-state index in [-0.39, 0.29) is 16.7 Å². The van der Waals surface area contributed by atoms with Crippen LogP contribution in [0.25, 0.3) is 10.8 Å². The number of benzene rings is 3. The Bertz CT molecular complexity index is 1150. The second-order valence-electron chi connectivity index (χ2n) is 8.76. The van der Waals surface area contributed by atoms with E-state index in [0.717, 1.165) is 44.6 Å². The van der Waals surface area contributed by atoms with Crippen molar-refractivity contribution in [1.82, 2.24) is 9.80 Å². The van der Waals surface area contributed by atoms with Gasteiger partial charge >= 0.3 is 0 Å². The SMILES string of the molecule is N#CC1(c2ccccc2)CCN(CCN2C(=O)CSC2c2ccc3ccccc3c2)CC1. The molecule has 1 amide bonds. The van der Waals surface area contributed by atoms with Crippen LogP contribution in [0.1, 0.15) is 29.3 Å². The van der Waals surface area contributed by atoms with Gasteiger partial charge in [0.05, 0.1) is 17.2 Å². The number of carbonyl (C=O) groups excluding carboxylic acids is 1. The number of thioether (sulfide) groups is 1. The number of likely N-dealkylation sites (tertiary alicyclic amines) is 1. The first-order valence-electron chi connectivity index (χ1n) is 11.3. The van der Waals surface area contributed by atoms with Gasteiger partial charge in [-0.25, -0.2) is 0 Å². The van der Waals surface area contributed by atoms with Gasteiger partial charge in [0.25, 0.3) is 0 Å². The normalized spacial score (nSPS) is 21.0. The summed E-state index contributed by atoms with van der Waals surface area (Å²) in [5, 5.41) is 12.5. The molecule has 3 aromatic rings. The van der Waals surface area contributed by atoms with E-state index >= 15 is 0 Å². The molecule has 2 fully saturated rings. The van der Waals surface area contributed by atoms with Crippen molar-refractivity contribution in [2.45, 2.75) is 23.6 Å². The van der Waals surface area contributed by atoms with Crippen molar-refractivity contribution in [2.75, 3.05) is 31.9 Å². The minimum atomic E-state index is -0.384. The van der Waals surface area contributed by atoms with E-state index in [2.05, 4.69) is 65.6 Å². The molecule has 1 unspecified atom stereocenters. The summed E-state index contributed by atoms with van der Waals surface area (Å²) in [4.78, 5) is 17.1. The molecule has 2 aliphatic heterocycles. The maximum absolute atomic E-state index is 12.7. The fourth-order valence-electron chi connectivity index (χ4n) is 4.96. The van der Waals surface area contributed by atoms with Gasteiger partial charge in [0, 0.05) is 26.2 Å². The van der Waals surface area contributed by atoms with Crippen LogP contribution in [0.4, 0.5) is 0 Å². The summed E-state index contributed by atoms with van der Waals surface area (Å²) >= 11 is 1.72. The third kappa shape index (κ3) is 4.01. The average molecular weight is 442 g/mol. The molecule has 3 aromatic carbocycles. The molecule has 2 aliphatic rings. The second kappa shape index (κ2) is 8.97. The lowest BCUT2D eigenvalue weighted by Gasteiger charge is -2.38. The number of piperidine rings is 1. The van der Waals surface area contributed by atoms with Crippen LogP contribution in [-0.2, 0) is 10.2 Å². The zero-order valence-corrected chi connectivity index (χ0v) is 18.9. The Labute approximate surface area is 193 Å². The van der Waals surface area contributed by atoms with Crippen LogP contribution in [0.15, 0.2) is 72.8 Å². The molecule has 0 spiro atoms. The number of amides is 1. The zero-order chi connectivity index (χ0) is 22.0. The van der Waals surface area contributed by atoms with E-state index in [4.69, 9.17) is 0 Å². The molecule has 162 valence electrons. The van der Waals surface area contributed by atoms with Gasteiger partial charge in [-0.05, 0) is 40.8 Å². The molecule has 4 nitrogen and oxygen atoms in total. The van der Waals surface area contributed by atoms with Gasteiger partial charge in [-0.2, -0.15) is 5.26 Å². The molecule has 0 N–H and O–H groups in total. The lowest BCUT2D eigenvalue weighted by molar-refractivity contribution is -0.128. The number of nitriles is 1. The van der Waals surface area contributed by atoms with E-state index in [9.17, 15) is 10.1 Å². The van der Waals surface area contributed by atoms with E-state index in [0.29, 0.717) is 5.75 Å². The van der Waals surface area contributed by atoms with Gasteiger partial charge in [-0.15, -0.1) is 11.8 Å². The first kappa shape index (κ1) is 21.1. The highest BCUT2D eigenvalue weighted by atomic mass is 32.2. The number of carbonyl (C=O) groups is 1. The Kier molecular flexibility index (Phi) is 5.91. The topological polar surface area (TPSA) is 47.3 Å². The minimum Gasteiger partial charge on any atom is -0.325 e. The zero-order valence-electron chi connectivity index (χ0n) is 18.1. The van der Waals surface area contributed by atoms with Crippen molar-refractivity contribution in [1.29, 1.82) is 5.26 Å². The molecule has 0 aromatic heterocycles. The molecule has 0 bridgehead atoms. The molecule has 5 rings (SSSR count). The number of hydrogen-bond donors (Lipinski definition) is 0. The van der Waals surface area contributed by atoms with Crippen LogP contribution in [0, 0.1) is 11.3 Å². The molecular formula is C27H27N3OS. The molecule has 5 heteroatoms. The molecule has 32 heavy (non-hydrogen) atoms. The molecule has 2 heterocycles. The summed E-state index contributed by atoms with van der Waals surface area (Å²) in [5.41, 5.74) is 1.94. The van der Waals surface area contributed by atoms with Gasteiger partial charge in [0.2, 0.25) is 5.91 Å². The maximum atomic E-state index is 12.7. The molecule has 0 aliphatic carbocycles. The van der Waals surface area contributed by atoms with Gasteiger partial charge in [-0.1, -0.05) is 66.7 Å². The largest absolute Gasteiger partial charge is 0.325 e. The Hall–Kier alpha value is -2.81. The van der Waals surface area contributed by atoms with E-state index < -0.39 is 0 Å². The summed E-state index contributed by atoms with van der Waals surface area (Å²) in [6.45, 7) is 3.36. The fourth-order valence-corrected chi connectivity index (χ4v) is 6.17. The summed E-state index contributed by atoms with van der Waals surface area (Å²) in [7, 11) is 0. The lowest BCUT2D eigenvalue weighted by atomic mass is 9.74. The lowest BCUT2D eigenvalue weighted by Crippen LogP contribution is -2.45. The minimum absolute atomic E-state index is 0.0828. The number of fused-ring (bicyclic) bond motifs is 1. The molecule has 1 atom stereocenters. The summed E-state index contributed by atoms with van der Waals surface area (Å²) < 4.78 is 0. The Balaban J connectivity index is 1.24. The summed E-state index contributed by atoms with van der Waals surface area (Å²) in [6, 6.07) is 27.7. The van der Waals surface area contributed by atoms with Crippen molar-refractivity contribution in [3.05, 3.63) is 83.9 Å². The maximum Gasteiger partial charge on any atom is 0.233 e. The predicted octanol–water partition coefficient (Wildman–Crippen LogP) is 4.97. The van der Waals surface area contributed by atoms with Crippen molar-refractivity contribution in [3.8, 4) is 6.07 Å². The summed E-state index contributed by atoms with van der Waals surface area (Å²) in [5.74, 6) is 0.768. The predicted molar refractivity (Wildman–Crippen MR) is 130 cm³/mol. The Morgan fingerprint density at radius 3 is 2.41 bits per heavy atom. The molecular weight excluding hydrogens is 414 g/mol. The third-order valence-electron chi connectivity index (χ3n) is 6.93. The van der Waals surface area contributed by atoms with Crippen molar-refractivity contribution in [3.63, 3.8) is 0 Å². The van der Waals surface area contributed by atoms with Crippen molar-refractivity contribution in [2.24, 2.45) is 0 Å². The van der Waals surface area contributed by atoms with E-state index in [1.54, 1.807) is 11.8 Å². The van der Waals surface area contributed by atoms with Gasteiger partial charge < -0.3 is 9.80 Å². The Morgan fingerprint density at radius 2 is 1.66 bits per heavy atom. The molecule has 2 saturated heterocycles. The summed E-state index contributed by atoms with van der Waals surface area (Å²) in [6.07, 6.45) is 1.68. The fraction of sp³-hybridized carbons (Fsp3) is 0.333. The highest BCUT2D eigenvalue weighted by Crippen LogP contribution is 2.40. The number of nitrogens with zero attached hydrogens (tertiary/aromatic N) is 3. The smallest absolute Gasteiger partial charge is 0.233 e. The van der Waals surface area contributed by atoms with Crippen LogP contribution in [0.2, 0.25) is 0 Å². The van der Waals surface area contributed by atoms with E-state index in [1.165, 1.54) is 16.3 Å². The first-order valence-corrected chi connectivity index (χ1v) is 12.3. The van der Waals surface area contributed by atoms with Gasteiger partial charge in [0.1, 0.15) is 5.37 Å². The standard InChI is InChI=1S/C27H27N3OS/c28-20-27(24-8-2-1-3-9-24)12-14-29(15-13-27)16-17-30-25(31)19-32-26(30)23-11-10-21-6-4-5-7-22(21)18-23/h1-11,18,26H,12-17,19H2. The van der Waals surface area contributed by atoms with Gasteiger partial charge in [-0.3, -0.25) is 4.79 Å². The van der Waals surface area contributed by atoms with Crippen LogP contribution in [0.3, 0.4) is 0 Å². The first-order chi connectivity index (χ1) is 15.7. The number of hydrogen-bond acceptors (Lipinski definition) is 4. The van der Waals surface area contributed by atoms with Crippen LogP contribution >= 0.6 is 11.8 Å². The van der Waals surface area contributed by atoms with Crippen LogP contribution in [-0.4, -0.2) is 47.6 Å². The van der Waals surface area contributed by atoms with Crippen LogP contribution < -0.4 is 0 Å². The molecule has 0 saturated carbocycles. The van der Waals surface area contributed by atoms with Crippen molar-refractivity contribution < 1.29 is 4.79 Å². The highest BCUT2D eigenvalue weighted by Gasteiger charge is 2.37. The number of rotatable bonds is 5. The monoisotopic (exact) mass is 441 g/mol. The van der Waals surface area contributed by atoms with Crippen LogP contribution in [0.5, 0.6) is 0 Å². The Morgan fingerprint density at radius 1 is 0.938 bits per heavy atom. The third-order valence-corrected chi connectivity index (χ3v) is 8.19. The average Bonchev–Trinajstić information content (AvgIpc) is 3.23. The van der Waals surface area contributed by atoms with Gasteiger partial charge in [0.15, 0.2) is 0 Å². The van der Waals surface area contributed by atoms with E-state index in [1.807, 2.05) is 23.1 Å². The highest BCUT2D eigenvalue weighted by molar-refractivity contribution is 8.00. The second-order valence-corrected chi connectivity index (χ2v) is 9.83.